The molecule has 0 atom stereocenters. The van der Waals surface area contributed by atoms with E-state index in [-0.39, 0.29) is 11.4 Å². The minimum atomic E-state index is -0.306. The Kier molecular flexibility index (Phi) is 3.18. The van der Waals surface area contributed by atoms with Crippen molar-refractivity contribution in [3.63, 3.8) is 0 Å². The van der Waals surface area contributed by atoms with Gasteiger partial charge in [-0.05, 0) is 46.9 Å². The SMILES string of the molecule is O=c1[nH]cnc(Nc2ccc(F)cc2)c1I. The van der Waals surface area contributed by atoms with Crippen LogP contribution in [0.1, 0.15) is 0 Å². The number of rotatable bonds is 2. The maximum Gasteiger partial charge on any atom is 0.266 e. The summed E-state index contributed by atoms with van der Waals surface area (Å²) in [6.45, 7) is 0. The van der Waals surface area contributed by atoms with Gasteiger partial charge < -0.3 is 10.3 Å². The first-order valence-corrected chi connectivity index (χ1v) is 5.50. The number of nitrogens with one attached hydrogen (secondary N) is 2. The Bertz CT molecular complexity index is 553. The lowest BCUT2D eigenvalue weighted by molar-refractivity contribution is 0.628. The molecule has 1 heterocycles. The summed E-state index contributed by atoms with van der Waals surface area (Å²) in [6, 6.07) is 5.83. The average molecular weight is 331 g/mol. The van der Waals surface area contributed by atoms with Crippen LogP contribution in [0.15, 0.2) is 35.4 Å². The number of H-pyrrole nitrogens is 1. The second-order valence-corrected chi connectivity index (χ2v) is 4.10. The summed E-state index contributed by atoms with van der Waals surface area (Å²) >= 11 is 1.90. The number of benzene rings is 1. The van der Waals surface area contributed by atoms with Gasteiger partial charge in [-0.2, -0.15) is 0 Å². The third kappa shape index (κ3) is 2.38. The molecule has 4 nitrogen and oxygen atoms in total. The van der Waals surface area contributed by atoms with Gasteiger partial charge in [0.2, 0.25) is 0 Å². The summed E-state index contributed by atoms with van der Waals surface area (Å²) in [7, 11) is 0. The molecular formula is C10H7FIN3O. The molecule has 1 aromatic carbocycles. The second-order valence-electron chi connectivity index (χ2n) is 3.03. The zero-order valence-electron chi connectivity index (χ0n) is 8.00. The summed E-state index contributed by atoms with van der Waals surface area (Å²) in [4.78, 5) is 17.7. The number of nitrogens with zero attached hydrogens (tertiary/aromatic N) is 1. The highest BCUT2D eigenvalue weighted by Crippen LogP contribution is 2.17. The molecule has 2 rings (SSSR count). The smallest absolute Gasteiger partial charge is 0.266 e. The molecule has 0 unspecified atom stereocenters. The van der Waals surface area contributed by atoms with Crippen molar-refractivity contribution in [2.24, 2.45) is 0 Å². The molecule has 2 aromatic rings. The van der Waals surface area contributed by atoms with E-state index in [2.05, 4.69) is 15.3 Å². The molecule has 0 saturated heterocycles. The van der Waals surface area contributed by atoms with E-state index in [1.807, 2.05) is 22.6 Å². The minimum absolute atomic E-state index is 0.208. The summed E-state index contributed by atoms with van der Waals surface area (Å²) in [5.74, 6) is 0.148. The number of aromatic nitrogens is 2. The van der Waals surface area contributed by atoms with Crippen LogP contribution < -0.4 is 10.9 Å². The molecule has 0 spiro atoms. The van der Waals surface area contributed by atoms with Crippen molar-refractivity contribution < 1.29 is 4.39 Å². The van der Waals surface area contributed by atoms with Crippen molar-refractivity contribution in [2.75, 3.05) is 5.32 Å². The molecule has 0 aliphatic rings. The highest BCUT2D eigenvalue weighted by Gasteiger charge is 2.04. The molecule has 0 aliphatic heterocycles. The Morgan fingerprint density at radius 2 is 2.00 bits per heavy atom. The summed E-state index contributed by atoms with van der Waals surface area (Å²) in [6.07, 6.45) is 1.32. The molecule has 0 radical (unpaired) electrons. The molecule has 2 N–H and O–H groups in total. The van der Waals surface area contributed by atoms with Crippen LogP contribution in [0.2, 0.25) is 0 Å². The fourth-order valence-electron chi connectivity index (χ4n) is 1.14. The zero-order valence-corrected chi connectivity index (χ0v) is 10.2. The van der Waals surface area contributed by atoms with E-state index >= 15 is 0 Å². The lowest BCUT2D eigenvalue weighted by Crippen LogP contribution is -2.12. The van der Waals surface area contributed by atoms with Crippen molar-refractivity contribution in [2.45, 2.75) is 0 Å². The van der Waals surface area contributed by atoms with Gasteiger partial charge in [-0.15, -0.1) is 0 Å². The van der Waals surface area contributed by atoms with Crippen LogP contribution in [0, 0.1) is 9.39 Å². The maximum atomic E-state index is 12.7. The van der Waals surface area contributed by atoms with Crippen molar-refractivity contribution >= 4 is 34.1 Å². The molecule has 0 aliphatic carbocycles. The van der Waals surface area contributed by atoms with Crippen LogP contribution in [-0.2, 0) is 0 Å². The van der Waals surface area contributed by atoms with Crippen LogP contribution in [0.5, 0.6) is 0 Å². The lowest BCUT2D eigenvalue weighted by atomic mass is 10.3. The first-order chi connectivity index (χ1) is 7.66. The number of aromatic amines is 1. The first kappa shape index (κ1) is 11.1. The Labute approximate surface area is 104 Å². The molecule has 0 amide bonds. The van der Waals surface area contributed by atoms with Gasteiger partial charge in [0.1, 0.15) is 9.39 Å². The third-order valence-corrected chi connectivity index (χ3v) is 2.90. The third-order valence-electron chi connectivity index (χ3n) is 1.90. The van der Waals surface area contributed by atoms with Crippen LogP contribution in [0.25, 0.3) is 0 Å². The van der Waals surface area contributed by atoms with Crippen molar-refractivity contribution in [1.29, 1.82) is 0 Å². The maximum absolute atomic E-state index is 12.7. The van der Waals surface area contributed by atoms with Gasteiger partial charge in [0, 0.05) is 5.69 Å². The van der Waals surface area contributed by atoms with Crippen LogP contribution in [0.3, 0.4) is 0 Å². The normalized spacial score (nSPS) is 10.1. The number of hydrogen-bond acceptors (Lipinski definition) is 3. The molecule has 1 aromatic heterocycles. The number of hydrogen-bond donors (Lipinski definition) is 2. The van der Waals surface area contributed by atoms with E-state index in [4.69, 9.17) is 0 Å². The van der Waals surface area contributed by atoms with Gasteiger partial charge in [0.25, 0.3) is 5.56 Å². The van der Waals surface area contributed by atoms with E-state index in [1.165, 1.54) is 18.5 Å². The van der Waals surface area contributed by atoms with Crippen LogP contribution in [-0.4, -0.2) is 9.97 Å². The number of halogens is 2. The fourth-order valence-corrected chi connectivity index (χ4v) is 1.57. The largest absolute Gasteiger partial charge is 0.339 e. The van der Waals surface area contributed by atoms with Gasteiger partial charge in [-0.3, -0.25) is 4.79 Å². The Balaban J connectivity index is 2.30. The topological polar surface area (TPSA) is 57.8 Å². The summed E-state index contributed by atoms with van der Waals surface area (Å²) in [5.41, 5.74) is 0.470. The highest BCUT2D eigenvalue weighted by atomic mass is 127. The van der Waals surface area contributed by atoms with Crippen LogP contribution in [0.4, 0.5) is 15.9 Å². The van der Waals surface area contributed by atoms with E-state index in [1.54, 1.807) is 12.1 Å². The molecule has 0 saturated carbocycles. The van der Waals surface area contributed by atoms with E-state index in [0.29, 0.717) is 15.1 Å². The quantitative estimate of drug-likeness (QED) is 0.830. The molecular weight excluding hydrogens is 324 g/mol. The van der Waals surface area contributed by atoms with Crippen molar-refractivity contribution in [3.05, 3.63) is 50.3 Å². The predicted molar refractivity (Wildman–Crippen MR) is 67.3 cm³/mol. The van der Waals surface area contributed by atoms with Gasteiger partial charge in [-0.1, -0.05) is 0 Å². The second kappa shape index (κ2) is 4.60. The Morgan fingerprint density at radius 1 is 1.31 bits per heavy atom. The molecule has 0 fully saturated rings. The van der Waals surface area contributed by atoms with E-state index in [9.17, 15) is 9.18 Å². The van der Waals surface area contributed by atoms with Gasteiger partial charge in [0.15, 0.2) is 5.82 Å². The summed E-state index contributed by atoms with van der Waals surface area (Å²) < 4.78 is 13.1. The average Bonchev–Trinajstić information content (AvgIpc) is 2.28. The standard InChI is InChI=1S/C10H7FIN3O/c11-6-1-3-7(4-2-6)15-9-8(12)10(16)14-5-13-9/h1-5H,(H2,13,14,15,16). The van der Waals surface area contributed by atoms with E-state index in [0.717, 1.165) is 0 Å². The lowest BCUT2D eigenvalue weighted by Gasteiger charge is -2.05. The molecule has 82 valence electrons. The Hall–Kier alpha value is -1.44. The number of anilines is 2. The monoisotopic (exact) mass is 331 g/mol. The molecule has 6 heteroatoms. The molecule has 0 bridgehead atoms. The first-order valence-electron chi connectivity index (χ1n) is 4.42. The van der Waals surface area contributed by atoms with Gasteiger partial charge in [-0.25, -0.2) is 9.37 Å². The zero-order chi connectivity index (χ0) is 11.5. The Morgan fingerprint density at radius 3 is 2.69 bits per heavy atom. The highest BCUT2D eigenvalue weighted by molar-refractivity contribution is 14.1. The summed E-state index contributed by atoms with van der Waals surface area (Å²) in [5, 5.41) is 2.93. The predicted octanol–water partition coefficient (Wildman–Crippen LogP) is 2.26. The van der Waals surface area contributed by atoms with Crippen molar-refractivity contribution in [3.8, 4) is 0 Å². The van der Waals surface area contributed by atoms with Gasteiger partial charge in [0.05, 0.1) is 6.33 Å². The van der Waals surface area contributed by atoms with E-state index < -0.39 is 0 Å². The molecule has 16 heavy (non-hydrogen) atoms. The van der Waals surface area contributed by atoms with Crippen molar-refractivity contribution in [1.82, 2.24) is 9.97 Å². The fraction of sp³-hybridized carbons (Fsp3) is 0. The van der Waals surface area contributed by atoms with Crippen LogP contribution >= 0.6 is 22.6 Å². The van der Waals surface area contributed by atoms with Gasteiger partial charge >= 0.3 is 0 Å². The minimum Gasteiger partial charge on any atom is -0.339 e.